The van der Waals surface area contributed by atoms with Gasteiger partial charge in [-0.25, -0.2) is 9.18 Å². The third kappa shape index (κ3) is 4.38. The number of anilines is 1. The topological polar surface area (TPSA) is 55.8 Å². The monoisotopic (exact) mass is 337 g/mol. The number of aliphatic hydroxyl groups is 1. The van der Waals surface area contributed by atoms with Crippen LogP contribution in [-0.2, 0) is 0 Å². The van der Waals surface area contributed by atoms with E-state index in [-0.39, 0.29) is 24.0 Å². The van der Waals surface area contributed by atoms with E-state index < -0.39 is 0 Å². The molecule has 24 heavy (non-hydrogen) atoms. The van der Waals surface area contributed by atoms with Gasteiger partial charge in [0.1, 0.15) is 5.82 Å². The van der Waals surface area contributed by atoms with Gasteiger partial charge in [-0.2, -0.15) is 0 Å². The molecule has 1 saturated heterocycles. The molecule has 0 unspecified atom stereocenters. The molecule has 0 bridgehead atoms. The van der Waals surface area contributed by atoms with Gasteiger partial charge in [0.25, 0.3) is 0 Å². The van der Waals surface area contributed by atoms with Crippen molar-refractivity contribution in [2.24, 2.45) is 0 Å². The molecule has 1 atom stereocenters. The Morgan fingerprint density at radius 3 is 2.58 bits per heavy atom. The van der Waals surface area contributed by atoms with Gasteiger partial charge in [0, 0.05) is 37.4 Å². The van der Waals surface area contributed by atoms with Gasteiger partial charge in [-0.15, -0.1) is 0 Å². The minimum absolute atomic E-state index is 0.142. The zero-order valence-electron chi connectivity index (χ0n) is 14.8. The first-order chi connectivity index (χ1) is 11.5. The summed E-state index contributed by atoms with van der Waals surface area (Å²) in [4.78, 5) is 16.1. The van der Waals surface area contributed by atoms with Gasteiger partial charge in [-0.05, 0) is 51.8 Å². The summed E-state index contributed by atoms with van der Waals surface area (Å²) in [5.74, 6) is -0.310. The van der Waals surface area contributed by atoms with Crippen LogP contribution in [0.1, 0.15) is 45.2 Å². The van der Waals surface area contributed by atoms with Gasteiger partial charge in [0.05, 0.1) is 12.1 Å². The Balaban J connectivity index is 2.18. The molecule has 2 rings (SSSR count). The number of rotatable bonds is 5. The van der Waals surface area contributed by atoms with Crippen LogP contribution >= 0.6 is 0 Å². The number of halogens is 1. The van der Waals surface area contributed by atoms with Crippen molar-refractivity contribution in [2.45, 2.75) is 45.8 Å². The van der Waals surface area contributed by atoms with Crippen molar-refractivity contribution in [1.29, 1.82) is 0 Å². The number of piperidine rings is 1. The molecule has 2 amide bonds. The van der Waals surface area contributed by atoms with E-state index in [0.29, 0.717) is 25.9 Å². The summed E-state index contributed by atoms with van der Waals surface area (Å²) in [7, 11) is 0. The fourth-order valence-corrected chi connectivity index (χ4v) is 3.13. The lowest BCUT2D eigenvalue weighted by molar-refractivity contribution is 0.145. The molecule has 1 aromatic rings. The first kappa shape index (κ1) is 18.5. The van der Waals surface area contributed by atoms with Crippen LogP contribution in [0, 0.1) is 5.82 Å². The number of hydrogen-bond acceptors (Lipinski definition) is 3. The average molecular weight is 337 g/mol. The molecule has 0 aliphatic carbocycles. The zero-order valence-corrected chi connectivity index (χ0v) is 14.8. The first-order valence-corrected chi connectivity index (χ1v) is 8.74. The van der Waals surface area contributed by atoms with E-state index in [9.17, 15) is 14.3 Å². The highest BCUT2D eigenvalue weighted by atomic mass is 19.1. The SMILES string of the molecule is CCN(CC)C(=O)N[C@H](C)c1cc(F)ccc1N1CCC(O)CC1. The summed E-state index contributed by atoms with van der Waals surface area (Å²) < 4.78 is 13.8. The van der Waals surface area contributed by atoms with Crippen molar-refractivity contribution in [1.82, 2.24) is 10.2 Å². The summed E-state index contributed by atoms with van der Waals surface area (Å²) in [5, 5.41) is 12.6. The molecular formula is C18H28FN3O2. The van der Waals surface area contributed by atoms with Crippen LogP contribution < -0.4 is 10.2 Å². The highest BCUT2D eigenvalue weighted by molar-refractivity contribution is 5.75. The second-order valence-corrected chi connectivity index (χ2v) is 6.26. The van der Waals surface area contributed by atoms with Gasteiger partial charge in [-0.1, -0.05) is 0 Å². The number of nitrogens with zero attached hydrogens (tertiary/aromatic N) is 2. The minimum Gasteiger partial charge on any atom is -0.393 e. The van der Waals surface area contributed by atoms with Gasteiger partial charge in [0.2, 0.25) is 0 Å². The highest BCUT2D eigenvalue weighted by Gasteiger charge is 2.23. The van der Waals surface area contributed by atoms with Crippen molar-refractivity contribution in [3.8, 4) is 0 Å². The van der Waals surface area contributed by atoms with E-state index in [0.717, 1.165) is 24.3 Å². The second-order valence-electron chi connectivity index (χ2n) is 6.26. The Morgan fingerprint density at radius 2 is 2.00 bits per heavy atom. The Kier molecular flexibility index (Phi) is 6.43. The number of carbonyl (C=O) groups is 1. The molecule has 0 spiro atoms. The van der Waals surface area contributed by atoms with E-state index in [2.05, 4.69) is 10.2 Å². The van der Waals surface area contributed by atoms with Gasteiger partial charge >= 0.3 is 6.03 Å². The van der Waals surface area contributed by atoms with E-state index >= 15 is 0 Å². The third-order valence-electron chi connectivity index (χ3n) is 4.65. The van der Waals surface area contributed by atoms with E-state index in [1.54, 1.807) is 11.0 Å². The lowest BCUT2D eigenvalue weighted by Crippen LogP contribution is -2.41. The molecule has 5 nitrogen and oxygen atoms in total. The van der Waals surface area contributed by atoms with Crippen LogP contribution in [0.25, 0.3) is 0 Å². The molecular weight excluding hydrogens is 309 g/mol. The maximum Gasteiger partial charge on any atom is 0.317 e. The molecule has 0 aromatic heterocycles. The normalized spacial score (nSPS) is 16.8. The van der Waals surface area contributed by atoms with Crippen LogP contribution in [0.3, 0.4) is 0 Å². The second kappa shape index (κ2) is 8.33. The van der Waals surface area contributed by atoms with Gasteiger partial charge in [0.15, 0.2) is 0 Å². The van der Waals surface area contributed by atoms with Crippen molar-refractivity contribution in [3.63, 3.8) is 0 Å². The zero-order chi connectivity index (χ0) is 17.7. The molecule has 2 N–H and O–H groups in total. The summed E-state index contributed by atoms with van der Waals surface area (Å²) >= 11 is 0. The number of nitrogens with one attached hydrogen (secondary N) is 1. The maximum atomic E-state index is 13.8. The van der Waals surface area contributed by atoms with Crippen LogP contribution in [0.2, 0.25) is 0 Å². The number of benzene rings is 1. The third-order valence-corrected chi connectivity index (χ3v) is 4.65. The van der Waals surface area contributed by atoms with Crippen LogP contribution in [0.15, 0.2) is 18.2 Å². The molecule has 1 heterocycles. The molecule has 1 aliphatic rings. The van der Waals surface area contributed by atoms with E-state index in [4.69, 9.17) is 0 Å². The van der Waals surface area contributed by atoms with Crippen LogP contribution in [-0.4, -0.2) is 48.3 Å². The molecule has 0 saturated carbocycles. The highest BCUT2D eigenvalue weighted by Crippen LogP contribution is 2.29. The number of amides is 2. The van der Waals surface area contributed by atoms with Gasteiger partial charge < -0.3 is 20.2 Å². The summed E-state index contributed by atoms with van der Waals surface area (Å²) in [6.07, 6.45) is 1.15. The van der Waals surface area contributed by atoms with Gasteiger partial charge in [-0.3, -0.25) is 0 Å². The fraction of sp³-hybridized carbons (Fsp3) is 0.611. The number of carbonyl (C=O) groups excluding carboxylic acids is 1. The van der Waals surface area contributed by atoms with Crippen molar-refractivity contribution < 1.29 is 14.3 Å². The maximum absolute atomic E-state index is 13.8. The predicted octanol–water partition coefficient (Wildman–Crippen LogP) is 2.90. The summed E-state index contributed by atoms with van der Waals surface area (Å²) in [6.45, 7) is 8.47. The predicted molar refractivity (Wildman–Crippen MR) is 93.7 cm³/mol. The lowest BCUT2D eigenvalue weighted by Gasteiger charge is -2.34. The first-order valence-electron chi connectivity index (χ1n) is 8.74. The Morgan fingerprint density at radius 1 is 1.38 bits per heavy atom. The number of urea groups is 1. The number of hydrogen-bond donors (Lipinski definition) is 2. The molecule has 6 heteroatoms. The Bertz CT molecular complexity index is 555. The van der Waals surface area contributed by atoms with E-state index in [1.807, 2.05) is 20.8 Å². The molecule has 134 valence electrons. The average Bonchev–Trinajstić information content (AvgIpc) is 2.56. The minimum atomic E-state index is -0.310. The lowest BCUT2D eigenvalue weighted by atomic mass is 10.0. The summed E-state index contributed by atoms with van der Waals surface area (Å²) in [5.41, 5.74) is 1.70. The van der Waals surface area contributed by atoms with E-state index in [1.165, 1.54) is 12.1 Å². The fourth-order valence-electron chi connectivity index (χ4n) is 3.13. The molecule has 1 aromatic carbocycles. The molecule has 1 fully saturated rings. The van der Waals surface area contributed by atoms with Crippen LogP contribution in [0.4, 0.5) is 14.9 Å². The van der Waals surface area contributed by atoms with Crippen LogP contribution in [0.5, 0.6) is 0 Å². The smallest absolute Gasteiger partial charge is 0.317 e. The molecule has 1 aliphatic heterocycles. The largest absolute Gasteiger partial charge is 0.393 e. The Labute approximate surface area is 143 Å². The molecule has 0 radical (unpaired) electrons. The van der Waals surface area contributed by atoms with Crippen molar-refractivity contribution >= 4 is 11.7 Å². The Hall–Kier alpha value is -1.82. The number of aliphatic hydroxyl groups excluding tert-OH is 1. The quantitative estimate of drug-likeness (QED) is 0.869. The summed E-state index contributed by atoms with van der Waals surface area (Å²) in [6, 6.07) is 4.27. The van der Waals surface area contributed by atoms with Crippen molar-refractivity contribution in [3.05, 3.63) is 29.6 Å². The standard InChI is InChI=1S/C18H28FN3O2/c1-4-21(5-2)18(24)20-13(3)16-12-14(19)6-7-17(16)22-10-8-15(23)9-11-22/h6-7,12-13,15,23H,4-5,8-11H2,1-3H3,(H,20,24)/t13-/m1/s1. The van der Waals surface area contributed by atoms with Crippen molar-refractivity contribution in [2.75, 3.05) is 31.1 Å².